The average Bonchev–Trinajstić information content (AvgIpc) is 3.66. The van der Waals surface area contributed by atoms with Crippen LogP contribution in [0.3, 0.4) is 0 Å². The zero-order chi connectivity index (χ0) is 49.4. The summed E-state index contributed by atoms with van der Waals surface area (Å²) in [7, 11) is 0. The zero-order valence-electron chi connectivity index (χ0n) is 42.3. The van der Waals surface area contributed by atoms with Crippen molar-refractivity contribution in [3.63, 3.8) is 0 Å². The smallest absolute Gasteiger partial charge is 0.0581 e. The summed E-state index contributed by atoms with van der Waals surface area (Å²) < 4.78 is 0. The van der Waals surface area contributed by atoms with E-state index in [0.29, 0.717) is 0 Å². The van der Waals surface area contributed by atoms with Crippen molar-refractivity contribution >= 4 is 55.7 Å². The zero-order valence-corrected chi connectivity index (χ0v) is 42.3. The number of fused-ring (bicyclic) bond motifs is 9. The third-order valence-electron chi connectivity index (χ3n) is 17.0. The predicted molar refractivity (Wildman–Crippen MR) is 309 cm³/mol. The molecule has 0 bridgehead atoms. The van der Waals surface area contributed by atoms with E-state index in [1.54, 1.807) is 0 Å². The van der Waals surface area contributed by atoms with Crippen molar-refractivity contribution in [3.8, 4) is 44.5 Å². The summed E-state index contributed by atoms with van der Waals surface area (Å²) in [5.74, 6) is 0. The van der Waals surface area contributed by atoms with Gasteiger partial charge in [0.25, 0.3) is 0 Å². The van der Waals surface area contributed by atoms with Gasteiger partial charge in [0.1, 0.15) is 0 Å². The normalized spacial score (nSPS) is 15.3. The van der Waals surface area contributed by atoms with Gasteiger partial charge in [-0.2, -0.15) is 0 Å². The number of benzene rings is 11. The Labute approximate surface area is 429 Å². The van der Waals surface area contributed by atoms with E-state index in [1.165, 1.54) is 122 Å². The predicted octanol–water partition coefficient (Wildman–Crippen LogP) is 19.5. The van der Waals surface area contributed by atoms with Crippen LogP contribution < -0.4 is 9.80 Å². The van der Waals surface area contributed by atoms with E-state index in [2.05, 4.69) is 282 Å². The minimum Gasteiger partial charge on any atom is -0.309 e. The summed E-state index contributed by atoms with van der Waals surface area (Å²) in [5, 5.41) is 4.96. The fourth-order valence-electron chi connectivity index (χ4n) is 13.6. The van der Waals surface area contributed by atoms with Gasteiger partial charge in [0, 0.05) is 38.7 Å². The number of hydrogen-bond donors (Lipinski definition) is 0. The standard InChI is InChI=1S/C71H56N2/c1-69(2)59-38-15-17-42-63(59)72(45-24-9-7-10-25-45)67-53(34-22-40-61(67)69)47-29-19-31-50-56(47)44-57-48(30-20-32-51(57)65(50)55-36-21-33-52-49-28-13-14-37-58(49)71(5,6)66(52)55)54-35-23-41-62-68(54)73(46-26-11-8-12-27-46)64-43-18-16-39-60(64)70(62,3)4/h7-44H,1-6H3. The molecule has 14 rings (SSSR count). The minimum absolute atomic E-state index is 0.229. The van der Waals surface area contributed by atoms with E-state index in [4.69, 9.17) is 0 Å². The number of nitrogens with zero attached hydrogens (tertiary/aromatic N) is 2. The molecular weight excluding hydrogens is 881 g/mol. The van der Waals surface area contributed by atoms with E-state index in [-0.39, 0.29) is 16.2 Å². The van der Waals surface area contributed by atoms with Gasteiger partial charge >= 0.3 is 0 Å². The molecule has 0 saturated carbocycles. The molecule has 3 aliphatic rings. The lowest BCUT2D eigenvalue weighted by Gasteiger charge is -2.43. The molecule has 1 aliphatic carbocycles. The molecule has 0 N–H and O–H groups in total. The Kier molecular flexibility index (Phi) is 9.36. The summed E-state index contributed by atoms with van der Waals surface area (Å²) in [6, 6.07) is 86.7. The maximum Gasteiger partial charge on any atom is 0.0581 e. The fourth-order valence-corrected chi connectivity index (χ4v) is 13.6. The molecule has 0 fully saturated rings. The summed E-state index contributed by atoms with van der Waals surface area (Å²) in [5.41, 5.74) is 24.6. The van der Waals surface area contributed by atoms with Gasteiger partial charge in [-0.25, -0.2) is 0 Å². The molecule has 0 aromatic heterocycles. The molecule has 350 valence electrons. The second-order valence-electron chi connectivity index (χ2n) is 22.0. The molecule has 0 unspecified atom stereocenters. The van der Waals surface area contributed by atoms with Crippen molar-refractivity contribution in [2.45, 2.75) is 57.8 Å². The third kappa shape index (κ3) is 6.10. The Morgan fingerprint density at radius 2 is 0.630 bits per heavy atom. The highest BCUT2D eigenvalue weighted by molar-refractivity contribution is 6.21. The van der Waals surface area contributed by atoms with Crippen molar-refractivity contribution in [2.75, 3.05) is 9.80 Å². The second kappa shape index (κ2) is 15.8. The van der Waals surface area contributed by atoms with Gasteiger partial charge in [-0.1, -0.05) is 230 Å². The maximum atomic E-state index is 2.55. The molecule has 2 aliphatic heterocycles. The van der Waals surface area contributed by atoms with Crippen molar-refractivity contribution in [3.05, 3.63) is 264 Å². The maximum absolute atomic E-state index is 2.55. The van der Waals surface area contributed by atoms with Crippen LogP contribution in [0, 0.1) is 0 Å². The monoisotopic (exact) mass is 936 g/mol. The van der Waals surface area contributed by atoms with Crippen LogP contribution >= 0.6 is 0 Å². The SMILES string of the molecule is CC1(C)c2ccccc2N(c2ccccc2)c2c(-c3cccc4c(-c5cccc6c5C(C)(C)c5ccccc5-6)c5cccc(-c6cccc7c6N(c6ccccc6)c6ccccc6C7(C)C)c5cc34)cccc21. The van der Waals surface area contributed by atoms with Crippen molar-refractivity contribution in [1.82, 2.24) is 0 Å². The van der Waals surface area contributed by atoms with Gasteiger partial charge in [0.2, 0.25) is 0 Å². The van der Waals surface area contributed by atoms with Crippen molar-refractivity contribution in [1.29, 1.82) is 0 Å². The lowest BCUT2D eigenvalue weighted by molar-refractivity contribution is 0.632. The van der Waals surface area contributed by atoms with Crippen molar-refractivity contribution < 1.29 is 0 Å². The van der Waals surface area contributed by atoms with E-state index < -0.39 is 0 Å². The molecule has 0 atom stereocenters. The molecule has 2 heterocycles. The first kappa shape index (κ1) is 43.3. The van der Waals surface area contributed by atoms with E-state index >= 15 is 0 Å². The first-order chi connectivity index (χ1) is 35.5. The van der Waals surface area contributed by atoms with E-state index in [9.17, 15) is 0 Å². The number of hydrogen-bond acceptors (Lipinski definition) is 2. The average molecular weight is 937 g/mol. The van der Waals surface area contributed by atoms with Gasteiger partial charge in [-0.3, -0.25) is 0 Å². The molecule has 2 nitrogen and oxygen atoms in total. The Balaban J connectivity index is 1.12. The molecule has 11 aromatic carbocycles. The Hall–Kier alpha value is -8.46. The molecule has 0 saturated heterocycles. The number of anilines is 6. The van der Waals surface area contributed by atoms with E-state index in [1.807, 2.05) is 0 Å². The fraction of sp³-hybridized carbons (Fsp3) is 0.127. The largest absolute Gasteiger partial charge is 0.309 e. The highest BCUT2D eigenvalue weighted by Gasteiger charge is 2.42. The third-order valence-corrected chi connectivity index (χ3v) is 17.0. The lowest BCUT2D eigenvalue weighted by Crippen LogP contribution is -2.31. The van der Waals surface area contributed by atoms with Gasteiger partial charge in [-0.05, 0) is 131 Å². The molecule has 73 heavy (non-hydrogen) atoms. The highest BCUT2D eigenvalue weighted by atomic mass is 15.2. The summed E-state index contributed by atoms with van der Waals surface area (Å²) in [6.45, 7) is 14.4. The molecule has 0 amide bonds. The summed E-state index contributed by atoms with van der Waals surface area (Å²) >= 11 is 0. The number of para-hydroxylation sites is 6. The molecule has 11 aromatic rings. The summed E-state index contributed by atoms with van der Waals surface area (Å²) in [6.07, 6.45) is 0. The molecule has 0 radical (unpaired) electrons. The van der Waals surface area contributed by atoms with Crippen LogP contribution in [0.1, 0.15) is 74.9 Å². The first-order valence-electron chi connectivity index (χ1n) is 25.9. The van der Waals surface area contributed by atoms with Crippen LogP contribution in [-0.2, 0) is 16.2 Å². The molecule has 2 heteroatoms. The van der Waals surface area contributed by atoms with Crippen LogP contribution in [0.15, 0.2) is 231 Å². The van der Waals surface area contributed by atoms with Gasteiger partial charge in [0.15, 0.2) is 0 Å². The van der Waals surface area contributed by atoms with Crippen LogP contribution in [0.25, 0.3) is 66.1 Å². The van der Waals surface area contributed by atoms with Crippen LogP contribution in [-0.4, -0.2) is 0 Å². The van der Waals surface area contributed by atoms with Crippen molar-refractivity contribution in [2.24, 2.45) is 0 Å². The van der Waals surface area contributed by atoms with Gasteiger partial charge < -0.3 is 9.80 Å². The Bertz CT molecular complexity index is 3850. The Morgan fingerprint density at radius 3 is 1.15 bits per heavy atom. The highest BCUT2D eigenvalue weighted by Crippen LogP contribution is 2.59. The van der Waals surface area contributed by atoms with Gasteiger partial charge in [0.05, 0.1) is 22.7 Å². The quantitative estimate of drug-likeness (QED) is 0.159. The first-order valence-corrected chi connectivity index (χ1v) is 25.9. The van der Waals surface area contributed by atoms with Gasteiger partial charge in [-0.15, -0.1) is 0 Å². The topological polar surface area (TPSA) is 6.48 Å². The Morgan fingerprint density at radius 1 is 0.260 bits per heavy atom. The van der Waals surface area contributed by atoms with Crippen LogP contribution in [0.5, 0.6) is 0 Å². The second-order valence-corrected chi connectivity index (χ2v) is 22.0. The lowest BCUT2D eigenvalue weighted by atomic mass is 9.72. The molecular formula is C71H56N2. The van der Waals surface area contributed by atoms with Crippen LogP contribution in [0.2, 0.25) is 0 Å². The number of rotatable bonds is 5. The van der Waals surface area contributed by atoms with E-state index in [0.717, 1.165) is 11.4 Å². The van der Waals surface area contributed by atoms with Crippen LogP contribution in [0.4, 0.5) is 34.1 Å². The minimum atomic E-state index is -0.253. The summed E-state index contributed by atoms with van der Waals surface area (Å²) in [4.78, 5) is 5.05. The molecule has 0 spiro atoms.